The summed E-state index contributed by atoms with van der Waals surface area (Å²) in [5.41, 5.74) is 1.22. The highest BCUT2D eigenvalue weighted by Crippen LogP contribution is 2.22. The minimum Gasteiger partial charge on any atom is -0.393 e. The molecule has 1 aromatic rings. The molecular formula is C15H23N3O3. The second kappa shape index (κ2) is 5.97. The number of aryl methyl sites for hydroxylation is 2. The van der Waals surface area contributed by atoms with Crippen molar-refractivity contribution in [2.45, 2.75) is 39.7 Å². The third kappa shape index (κ3) is 3.00. The molecule has 6 nitrogen and oxygen atoms in total. The van der Waals surface area contributed by atoms with Gasteiger partial charge in [-0.25, -0.2) is 4.68 Å². The second-order valence-electron chi connectivity index (χ2n) is 5.88. The number of piperidine rings is 1. The normalized spacial score (nSPS) is 17.9. The highest BCUT2D eigenvalue weighted by atomic mass is 16.3. The van der Waals surface area contributed by atoms with Gasteiger partial charge in [0.1, 0.15) is 5.56 Å². The summed E-state index contributed by atoms with van der Waals surface area (Å²) >= 11 is 0. The molecule has 0 radical (unpaired) electrons. The summed E-state index contributed by atoms with van der Waals surface area (Å²) < 4.78 is 1.22. The van der Waals surface area contributed by atoms with Gasteiger partial charge in [0.05, 0.1) is 11.8 Å². The molecule has 2 heterocycles. The lowest BCUT2D eigenvalue weighted by molar-refractivity contribution is 0.0518. The number of carbonyl (C=O) groups is 1. The fourth-order valence-corrected chi connectivity index (χ4v) is 2.84. The van der Waals surface area contributed by atoms with E-state index in [1.165, 1.54) is 4.68 Å². The molecule has 1 N–H and O–H groups in total. The van der Waals surface area contributed by atoms with E-state index in [9.17, 15) is 14.7 Å². The number of aliphatic hydroxyl groups excluding tert-OH is 1. The SMILES string of the molecule is Cc1nn(C)c(=O)c(C(=O)N2CCC(C(C)O)CC2)c1C. The summed E-state index contributed by atoms with van der Waals surface area (Å²) in [7, 11) is 1.56. The fourth-order valence-electron chi connectivity index (χ4n) is 2.84. The molecule has 116 valence electrons. The van der Waals surface area contributed by atoms with Gasteiger partial charge in [-0.3, -0.25) is 9.59 Å². The van der Waals surface area contributed by atoms with Crippen molar-refractivity contribution in [3.05, 3.63) is 27.2 Å². The molecule has 0 spiro atoms. The van der Waals surface area contributed by atoms with Crippen LogP contribution in [0.1, 0.15) is 41.4 Å². The molecule has 1 aliphatic heterocycles. The molecule has 21 heavy (non-hydrogen) atoms. The largest absolute Gasteiger partial charge is 0.393 e. The molecule has 0 saturated carbocycles. The van der Waals surface area contributed by atoms with Gasteiger partial charge in [0.15, 0.2) is 0 Å². The van der Waals surface area contributed by atoms with Crippen LogP contribution in [-0.2, 0) is 7.05 Å². The molecule has 1 amide bonds. The Hall–Kier alpha value is -1.69. The van der Waals surface area contributed by atoms with E-state index < -0.39 is 0 Å². The van der Waals surface area contributed by atoms with Crippen LogP contribution < -0.4 is 5.56 Å². The standard InChI is InChI=1S/C15H23N3O3/c1-9-10(2)16-17(4)14(20)13(9)15(21)18-7-5-12(6-8-18)11(3)19/h11-12,19H,5-8H2,1-4H3. The van der Waals surface area contributed by atoms with Crippen molar-refractivity contribution in [3.8, 4) is 0 Å². The first-order chi connectivity index (χ1) is 9.82. The Morgan fingerprint density at radius 1 is 1.33 bits per heavy atom. The summed E-state index contributed by atoms with van der Waals surface area (Å²) in [5, 5.41) is 13.7. The Labute approximate surface area is 124 Å². The molecule has 0 aromatic carbocycles. The number of rotatable bonds is 2. The molecule has 2 rings (SSSR count). The minimum atomic E-state index is -0.347. The first kappa shape index (κ1) is 15.7. The average molecular weight is 293 g/mol. The number of likely N-dealkylation sites (tertiary alicyclic amines) is 1. The topological polar surface area (TPSA) is 75.4 Å². The zero-order valence-electron chi connectivity index (χ0n) is 13.1. The predicted octanol–water partition coefficient (Wildman–Crippen LogP) is 0.630. The molecule has 0 bridgehead atoms. The van der Waals surface area contributed by atoms with Crippen LogP contribution in [0, 0.1) is 19.8 Å². The summed E-state index contributed by atoms with van der Waals surface area (Å²) in [6.45, 7) is 6.51. The van der Waals surface area contributed by atoms with Gasteiger partial charge in [-0.05, 0) is 45.1 Å². The van der Waals surface area contributed by atoms with E-state index in [0.29, 0.717) is 24.3 Å². The van der Waals surface area contributed by atoms with Crippen LogP contribution in [0.5, 0.6) is 0 Å². The quantitative estimate of drug-likeness (QED) is 0.868. The van der Waals surface area contributed by atoms with Gasteiger partial charge < -0.3 is 10.0 Å². The van der Waals surface area contributed by atoms with Gasteiger partial charge in [0.2, 0.25) is 0 Å². The van der Waals surface area contributed by atoms with E-state index in [-0.39, 0.29) is 29.1 Å². The van der Waals surface area contributed by atoms with Crippen LogP contribution in [-0.4, -0.2) is 44.9 Å². The summed E-state index contributed by atoms with van der Waals surface area (Å²) in [5.74, 6) is 0.0137. The molecule has 1 saturated heterocycles. The van der Waals surface area contributed by atoms with Crippen molar-refractivity contribution < 1.29 is 9.90 Å². The Kier molecular flexibility index (Phi) is 4.46. The van der Waals surface area contributed by atoms with Crippen LogP contribution in [0.4, 0.5) is 0 Å². The van der Waals surface area contributed by atoms with Crippen molar-refractivity contribution in [2.24, 2.45) is 13.0 Å². The Morgan fingerprint density at radius 3 is 2.43 bits per heavy atom. The van der Waals surface area contributed by atoms with Crippen LogP contribution >= 0.6 is 0 Å². The number of carbonyl (C=O) groups excluding carboxylic acids is 1. The number of hydrogen-bond donors (Lipinski definition) is 1. The number of hydrogen-bond acceptors (Lipinski definition) is 4. The first-order valence-electron chi connectivity index (χ1n) is 7.34. The molecule has 1 aliphatic rings. The van der Waals surface area contributed by atoms with Crippen molar-refractivity contribution in [1.82, 2.24) is 14.7 Å². The van der Waals surface area contributed by atoms with E-state index in [4.69, 9.17) is 0 Å². The first-order valence-corrected chi connectivity index (χ1v) is 7.34. The maximum atomic E-state index is 12.6. The lowest BCUT2D eigenvalue weighted by atomic mass is 9.92. The third-order valence-electron chi connectivity index (χ3n) is 4.45. The lowest BCUT2D eigenvalue weighted by Crippen LogP contribution is -2.43. The van der Waals surface area contributed by atoms with Gasteiger partial charge >= 0.3 is 0 Å². The summed E-state index contributed by atoms with van der Waals surface area (Å²) in [6.07, 6.45) is 1.19. The zero-order valence-corrected chi connectivity index (χ0v) is 13.1. The minimum absolute atomic E-state index is 0.220. The summed E-state index contributed by atoms with van der Waals surface area (Å²) in [6, 6.07) is 0. The molecule has 6 heteroatoms. The Morgan fingerprint density at radius 2 is 1.90 bits per heavy atom. The van der Waals surface area contributed by atoms with Crippen LogP contribution in [0.15, 0.2) is 4.79 Å². The van der Waals surface area contributed by atoms with Crippen LogP contribution in [0.25, 0.3) is 0 Å². The molecule has 1 fully saturated rings. The maximum Gasteiger partial charge on any atom is 0.279 e. The molecule has 0 aliphatic carbocycles. The zero-order chi connectivity index (χ0) is 15.7. The number of nitrogens with zero attached hydrogens (tertiary/aromatic N) is 3. The van der Waals surface area contributed by atoms with Gasteiger partial charge in [0, 0.05) is 20.1 Å². The highest BCUT2D eigenvalue weighted by molar-refractivity contribution is 5.95. The molecular weight excluding hydrogens is 270 g/mol. The van der Waals surface area contributed by atoms with Gasteiger partial charge in [-0.15, -0.1) is 0 Å². The van der Waals surface area contributed by atoms with Crippen molar-refractivity contribution >= 4 is 5.91 Å². The van der Waals surface area contributed by atoms with E-state index >= 15 is 0 Å². The monoisotopic (exact) mass is 293 g/mol. The van der Waals surface area contributed by atoms with E-state index in [2.05, 4.69) is 5.10 Å². The number of aromatic nitrogens is 2. The number of aliphatic hydroxyl groups is 1. The Balaban J connectivity index is 2.25. The van der Waals surface area contributed by atoms with Gasteiger partial charge in [0.25, 0.3) is 11.5 Å². The maximum absolute atomic E-state index is 12.6. The van der Waals surface area contributed by atoms with Crippen LogP contribution in [0.3, 0.4) is 0 Å². The molecule has 1 aromatic heterocycles. The van der Waals surface area contributed by atoms with E-state index in [1.807, 2.05) is 0 Å². The van der Waals surface area contributed by atoms with Gasteiger partial charge in [-0.1, -0.05) is 0 Å². The molecule has 1 atom stereocenters. The van der Waals surface area contributed by atoms with E-state index in [1.54, 1.807) is 32.7 Å². The summed E-state index contributed by atoms with van der Waals surface area (Å²) in [4.78, 5) is 26.6. The second-order valence-corrected chi connectivity index (χ2v) is 5.88. The van der Waals surface area contributed by atoms with Crippen LogP contribution in [0.2, 0.25) is 0 Å². The third-order valence-corrected chi connectivity index (χ3v) is 4.45. The fraction of sp³-hybridized carbons (Fsp3) is 0.667. The average Bonchev–Trinajstić information content (AvgIpc) is 2.45. The smallest absolute Gasteiger partial charge is 0.279 e. The van der Waals surface area contributed by atoms with Crippen molar-refractivity contribution in [1.29, 1.82) is 0 Å². The molecule has 1 unspecified atom stereocenters. The lowest BCUT2D eigenvalue weighted by Gasteiger charge is -2.33. The van der Waals surface area contributed by atoms with Gasteiger partial charge in [-0.2, -0.15) is 5.10 Å². The van der Waals surface area contributed by atoms with Crippen molar-refractivity contribution in [3.63, 3.8) is 0 Å². The number of amides is 1. The van der Waals surface area contributed by atoms with E-state index in [0.717, 1.165) is 12.8 Å². The highest BCUT2D eigenvalue weighted by Gasteiger charge is 2.28. The predicted molar refractivity (Wildman–Crippen MR) is 79.3 cm³/mol. The Bertz CT molecular complexity index is 599. The van der Waals surface area contributed by atoms with Crippen molar-refractivity contribution in [2.75, 3.05) is 13.1 Å².